The van der Waals surface area contributed by atoms with Crippen molar-refractivity contribution in [2.24, 2.45) is 0 Å². The van der Waals surface area contributed by atoms with Crippen LogP contribution in [0.5, 0.6) is 46.0 Å². The molecular weight excluding hydrogens is 2280 g/mol. The zero-order valence-electron chi connectivity index (χ0n) is 79.4. The molecule has 3 atom stereocenters. The van der Waals surface area contributed by atoms with E-state index in [1.807, 2.05) is 53.9 Å². The SMILES string of the molecule is CCOC(=O)c1c[nH]c(-c2cc(Cl)c(OCCCOC)cc2O)cc1=O.CCOC(=O)c1cn2c(cc1=O)-c1cc(Cl)c(OCCCOC)cc1OC2c1ncc(C)s1.COCCCOc1cc2c(cc1Cl)-c1cc(=O)c(C(=O)O)cn1C(c1ncc(C)s1)O2.COCCCOc1cc2c(cc1Cl)-c1cc(=O)c(C(=O)O)cn1C(c1ncc(C)s1)O2.Cc1cnc(Br)s1.Cc1cnc(C(Br)Br)s1.Cc1cnc(C=O)s1. The number of ether oxygens (including phenoxy) is 13. The number of nitrogens with zero attached hydrogens (tertiary/aromatic N) is 9. The number of carbonyl (C=O) groups is 5. The highest BCUT2D eigenvalue weighted by Crippen LogP contribution is 2.50. The number of fused-ring (bicyclic) bond motifs is 9. The monoisotopic (exact) mass is 2370 g/mol. The first kappa shape index (κ1) is 114. The van der Waals surface area contributed by atoms with Crippen LogP contribution in [0.25, 0.3) is 45.0 Å². The molecule has 17 rings (SSSR count). The van der Waals surface area contributed by atoms with Crippen LogP contribution in [0.15, 0.2) is 158 Å². The molecule has 0 amide bonds. The van der Waals surface area contributed by atoms with Gasteiger partial charge in [0.15, 0.2) is 51.9 Å². The quantitative estimate of drug-likeness (QED) is 0.0132. The molecule has 3 unspecified atom stereocenters. The van der Waals surface area contributed by atoms with Gasteiger partial charge in [0, 0.05) is 243 Å². The normalized spacial score (nSPS) is 13.0. The Morgan fingerprint density at radius 2 is 0.766 bits per heavy atom. The Kier molecular flexibility index (Phi) is 43.3. The molecule has 35 nitrogen and oxygen atoms in total. The molecule has 0 radical (unpaired) electrons. The van der Waals surface area contributed by atoms with Crippen LogP contribution in [-0.4, -0.2) is 189 Å². The number of H-pyrrole nitrogens is 1. The number of phenols is 1. The molecule has 14 aromatic rings. The van der Waals surface area contributed by atoms with E-state index in [1.54, 1.807) is 140 Å². The number of methoxy groups -OCH3 is 4. The Balaban J connectivity index is 0.000000171. The molecular formula is C97H95Br3Cl4N10O25S6. The molecule has 4 N–H and O–H groups in total. The van der Waals surface area contributed by atoms with Crippen LogP contribution < -0.4 is 54.9 Å². The lowest BCUT2D eigenvalue weighted by Crippen LogP contribution is -2.28. The van der Waals surface area contributed by atoms with Crippen LogP contribution in [-0.2, 0) is 28.4 Å². The van der Waals surface area contributed by atoms with E-state index in [9.17, 15) is 58.5 Å². The minimum Gasteiger partial charge on any atom is -0.507 e. The molecule has 3 aliphatic rings. The Morgan fingerprint density at radius 1 is 0.434 bits per heavy atom. The standard InChI is InChI=1S/C23H23ClN2O6S.2C21H19ClN2O6S.C18H20ClNO6.C5H5Br2NS.C5H5NOS.C4H4BrNS/c1-4-30-23(28)15-12-26-17(9-18(15)27)14-8-16(24)20(31-7-5-6-29-3)10-19(14)32-22(26)21-25-11-13(2)33-21;2*1-11-9-23-19(31-11)20-24-10-13(21(26)27)16(25)7-15(24)12-6-14(22)18(8-17(12)30-20)29-5-3-4-28-2;1-3-25-18(23)12-10-20-14(8-15(12)21)11-7-13(19)17(9-16(11)22)26-6-4-5-24-2;1-3-2-8-5(9-3)4(6)7;1-4-2-6-5(3-7)8-4;1-3-2-6-4(5)7-3/h8-12,22H,4-7H2,1-3H3;2*6-10,20H,3-5H2,1-2H3,(H,26,27);7-10,22H,3-6H2,1-2H3,(H,20,21);2,4H,1H3;2-3H,1H3;2H,1H3. The molecule has 0 saturated carbocycles. The van der Waals surface area contributed by atoms with Crippen molar-refractivity contribution in [3.8, 4) is 91.0 Å². The van der Waals surface area contributed by atoms with E-state index in [0.717, 1.165) is 34.7 Å². The third-order valence-corrected chi connectivity index (χ3v) is 28.8. The lowest BCUT2D eigenvalue weighted by atomic mass is 10.1. The second kappa shape index (κ2) is 55.0. The summed E-state index contributed by atoms with van der Waals surface area (Å²) in [5.41, 5.74) is 0.843. The number of aromatic amines is 1. The number of aromatic hydroxyl groups is 1. The van der Waals surface area contributed by atoms with Crippen molar-refractivity contribution in [1.29, 1.82) is 0 Å². The Hall–Kier alpha value is -11.2. The smallest absolute Gasteiger partial charge is 0.343 e. The average molecular weight is 2370 g/mol. The number of aromatic carboxylic acids is 2. The van der Waals surface area contributed by atoms with Gasteiger partial charge in [-0.2, -0.15) is 0 Å². The highest BCUT2D eigenvalue weighted by atomic mass is 79.9. The van der Waals surface area contributed by atoms with E-state index in [4.69, 9.17) is 108 Å². The lowest BCUT2D eigenvalue weighted by molar-refractivity contribution is 0.0513. The van der Waals surface area contributed by atoms with E-state index in [1.165, 1.54) is 116 Å². The number of halogens is 7. The summed E-state index contributed by atoms with van der Waals surface area (Å²) in [6.45, 7) is 19.3. The topological polar surface area (TPSA) is 442 Å². The van der Waals surface area contributed by atoms with Crippen LogP contribution in [0.4, 0.5) is 0 Å². The number of hydrogen-bond acceptors (Lipinski definition) is 35. The number of thiazole rings is 6. The van der Waals surface area contributed by atoms with Crippen molar-refractivity contribution >= 4 is 192 Å². The summed E-state index contributed by atoms with van der Waals surface area (Å²) in [4.78, 5) is 141. The van der Waals surface area contributed by atoms with Crippen molar-refractivity contribution in [2.45, 2.75) is 103 Å². The van der Waals surface area contributed by atoms with Crippen LogP contribution >= 0.6 is 162 Å². The highest BCUT2D eigenvalue weighted by Gasteiger charge is 2.36. The van der Waals surface area contributed by atoms with Crippen molar-refractivity contribution < 1.29 is 101 Å². The molecule has 0 saturated heterocycles. The number of rotatable bonds is 32. The first-order valence-corrected chi connectivity index (χ1v) is 52.8. The number of aromatic nitrogens is 10. The van der Waals surface area contributed by atoms with Gasteiger partial charge in [0.05, 0.1) is 82.5 Å². The van der Waals surface area contributed by atoms with Gasteiger partial charge < -0.3 is 95.6 Å². The van der Waals surface area contributed by atoms with Gasteiger partial charge >= 0.3 is 23.9 Å². The molecule has 0 bridgehead atoms. The predicted molar refractivity (Wildman–Crippen MR) is 567 cm³/mol. The number of aryl methyl sites for hydroxylation is 6. The van der Waals surface area contributed by atoms with Gasteiger partial charge in [0.1, 0.15) is 77.0 Å². The van der Waals surface area contributed by atoms with Crippen molar-refractivity contribution in [3.63, 3.8) is 0 Å². The van der Waals surface area contributed by atoms with Gasteiger partial charge in [-0.05, 0) is 95.6 Å². The van der Waals surface area contributed by atoms with E-state index in [0.29, 0.717) is 199 Å². The number of carboxylic acids is 2. The molecule has 3 aliphatic heterocycles. The maximum Gasteiger partial charge on any atom is 0.343 e. The van der Waals surface area contributed by atoms with Crippen molar-refractivity contribution in [1.82, 2.24) is 48.6 Å². The average Bonchev–Trinajstić information content (AvgIpc) is 1.58. The number of phenolic OH excluding ortho intramolecular Hbond substituents is 1. The van der Waals surface area contributed by atoms with E-state index >= 15 is 0 Å². The molecule has 10 aromatic heterocycles. The summed E-state index contributed by atoms with van der Waals surface area (Å²) in [7, 11) is 6.47. The molecule has 0 aliphatic carbocycles. The van der Waals surface area contributed by atoms with Gasteiger partial charge in [-0.15, -0.1) is 68.0 Å². The number of alkyl halides is 2. The molecule has 4 aromatic carbocycles. The Morgan fingerprint density at radius 3 is 1.06 bits per heavy atom. The third-order valence-electron chi connectivity index (χ3n) is 20.1. The molecule has 13 heterocycles. The number of hydrogen-bond donors (Lipinski definition) is 4. The Labute approximate surface area is 899 Å². The predicted octanol–water partition coefficient (Wildman–Crippen LogP) is 22.1. The number of esters is 2. The lowest BCUT2D eigenvalue weighted by Gasteiger charge is -2.30. The fourth-order valence-corrected chi connectivity index (χ4v) is 20.2. The van der Waals surface area contributed by atoms with Crippen molar-refractivity contribution in [3.05, 3.63) is 276 Å². The number of carbonyl (C=O) groups excluding carboxylic acids is 3. The van der Waals surface area contributed by atoms with Crippen LogP contribution in [0.2, 0.25) is 20.1 Å². The number of aldehydes is 1. The van der Waals surface area contributed by atoms with Crippen LogP contribution in [0.3, 0.4) is 0 Å². The van der Waals surface area contributed by atoms with E-state index in [-0.39, 0.29) is 50.0 Å². The number of benzene rings is 4. The van der Waals surface area contributed by atoms with Gasteiger partial charge in [0.2, 0.25) is 18.7 Å². The summed E-state index contributed by atoms with van der Waals surface area (Å²) >= 11 is 44.5. The Bertz CT molecular complexity index is 6960. The number of carboxylic acid groups (broad SMARTS) is 2. The summed E-state index contributed by atoms with van der Waals surface area (Å²) in [6.07, 6.45) is 17.3. The minimum absolute atomic E-state index is 0.0740. The van der Waals surface area contributed by atoms with Gasteiger partial charge in [0.25, 0.3) is 0 Å². The molecule has 48 heteroatoms. The summed E-state index contributed by atoms with van der Waals surface area (Å²) in [5.74, 6) is -0.995. The van der Waals surface area contributed by atoms with Gasteiger partial charge in [-0.1, -0.05) is 78.3 Å². The molecule has 0 spiro atoms. The number of pyridine rings is 4. The van der Waals surface area contributed by atoms with Gasteiger partial charge in [-0.3, -0.25) is 24.0 Å². The first-order valence-electron chi connectivity index (χ1n) is 43.8. The summed E-state index contributed by atoms with van der Waals surface area (Å²) in [6, 6.07) is 18.1. The second-order valence-corrected chi connectivity index (χ2v) is 44.3. The summed E-state index contributed by atoms with van der Waals surface area (Å²) < 4.78 is 77.5. The fraction of sp³-hybridized carbons (Fsp3) is 0.309. The molecule has 145 heavy (non-hydrogen) atoms. The van der Waals surface area contributed by atoms with E-state index in [2.05, 4.69) is 82.7 Å². The second-order valence-electron chi connectivity index (χ2n) is 30.7. The molecule has 0 fully saturated rings. The maximum absolute atomic E-state index is 12.8. The fourth-order valence-electron chi connectivity index (χ4n) is 13.5. The highest BCUT2D eigenvalue weighted by molar-refractivity contribution is 9.24. The number of nitrogens with one attached hydrogen (secondary N) is 1. The largest absolute Gasteiger partial charge is 0.507 e. The first-order chi connectivity index (χ1) is 69.5. The zero-order chi connectivity index (χ0) is 105. The minimum atomic E-state index is -1.31. The van der Waals surface area contributed by atoms with E-state index < -0.39 is 64.3 Å². The molecule has 768 valence electrons. The van der Waals surface area contributed by atoms with Gasteiger partial charge in [-0.25, -0.2) is 49.1 Å². The van der Waals surface area contributed by atoms with Crippen molar-refractivity contribution in [2.75, 3.05) is 94.5 Å². The maximum atomic E-state index is 12.8. The summed E-state index contributed by atoms with van der Waals surface area (Å²) in [5, 5.41) is 34.0. The zero-order valence-corrected chi connectivity index (χ0v) is 92.1. The van der Waals surface area contributed by atoms with Crippen LogP contribution in [0, 0.1) is 41.5 Å². The van der Waals surface area contributed by atoms with Crippen LogP contribution in [0.1, 0.15) is 162 Å². The third kappa shape index (κ3) is 30.8.